The molecule has 0 aliphatic carbocycles. The zero-order valence-electron chi connectivity index (χ0n) is 18.8. The fourth-order valence-corrected chi connectivity index (χ4v) is 4.05. The standard InChI is InChI=1S/C22H23F3N2O3S.C2H6/c1-14-2-4-15(5-3-14)18-7-6-17(12-16(18)13-26)21(30,22(23,24)25)9-11-31-10-8-19(27)20(28)29;1-2/h2-7,12,19,30H,8-11,27H2,1H3,(H,28,29);1-2H3. The van der Waals surface area contributed by atoms with Gasteiger partial charge < -0.3 is 15.9 Å². The number of nitriles is 1. The van der Waals surface area contributed by atoms with E-state index < -0.39 is 35.8 Å². The second-order valence-corrected chi connectivity index (χ2v) is 8.42. The van der Waals surface area contributed by atoms with Crippen molar-refractivity contribution in [2.75, 3.05) is 11.5 Å². The Hall–Kier alpha value is -2.54. The molecule has 2 atom stereocenters. The number of benzene rings is 2. The maximum absolute atomic E-state index is 13.8. The fraction of sp³-hybridized carbons (Fsp3) is 0.417. The van der Waals surface area contributed by atoms with Gasteiger partial charge in [0.05, 0.1) is 11.6 Å². The number of alkyl halides is 3. The van der Waals surface area contributed by atoms with Crippen molar-refractivity contribution in [2.24, 2.45) is 5.73 Å². The average Bonchev–Trinajstić information content (AvgIpc) is 2.79. The monoisotopic (exact) mass is 482 g/mol. The number of carboxylic acids is 1. The molecule has 5 nitrogen and oxygen atoms in total. The number of aliphatic carboxylic acids is 1. The second-order valence-electron chi connectivity index (χ2n) is 7.19. The van der Waals surface area contributed by atoms with Crippen LogP contribution in [0.2, 0.25) is 0 Å². The normalized spacial score (nSPS) is 13.8. The van der Waals surface area contributed by atoms with Crippen LogP contribution < -0.4 is 5.73 Å². The van der Waals surface area contributed by atoms with Crippen LogP contribution in [-0.2, 0) is 10.4 Å². The number of halogens is 3. The third-order valence-corrected chi connectivity index (χ3v) is 5.96. The molecule has 33 heavy (non-hydrogen) atoms. The molecule has 0 aliphatic heterocycles. The summed E-state index contributed by atoms with van der Waals surface area (Å²) < 4.78 is 41.4. The van der Waals surface area contributed by atoms with Crippen LogP contribution in [-0.4, -0.2) is 39.9 Å². The van der Waals surface area contributed by atoms with Crippen molar-refractivity contribution in [1.82, 2.24) is 0 Å². The number of aryl methyl sites for hydroxylation is 1. The van der Waals surface area contributed by atoms with Gasteiger partial charge in [-0.3, -0.25) is 4.79 Å². The van der Waals surface area contributed by atoms with Gasteiger partial charge >= 0.3 is 12.1 Å². The maximum atomic E-state index is 13.8. The molecule has 4 N–H and O–H groups in total. The van der Waals surface area contributed by atoms with E-state index in [9.17, 15) is 28.3 Å². The quantitative estimate of drug-likeness (QED) is 0.422. The molecule has 0 amide bonds. The summed E-state index contributed by atoms with van der Waals surface area (Å²) >= 11 is 1.08. The number of thioether (sulfide) groups is 1. The van der Waals surface area contributed by atoms with Crippen molar-refractivity contribution in [1.29, 1.82) is 5.26 Å². The first-order valence-electron chi connectivity index (χ1n) is 10.5. The molecule has 0 aromatic heterocycles. The molecular weight excluding hydrogens is 453 g/mol. The minimum absolute atomic E-state index is 0.0316. The molecule has 0 heterocycles. The molecule has 0 fully saturated rings. The van der Waals surface area contributed by atoms with Gasteiger partial charge in [0.25, 0.3) is 0 Å². The van der Waals surface area contributed by atoms with Crippen LogP contribution in [0.4, 0.5) is 13.2 Å². The number of nitrogens with two attached hydrogens (primary N) is 1. The van der Waals surface area contributed by atoms with Gasteiger partial charge in [0, 0.05) is 0 Å². The van der Waals surface area contributed by atoms with Crippen LogP contribution in [0.5, 0.6) is 0 Å². The SMILES string of the molecule is CC.Cc1ccc(-c2ccc(C(O)(CCSCCC(N)C(=O)O)C(F)(F)F)cc2C#N)cc1. The highest BCUT2D eigenvalue weighted by Gasteiger charge is 2.54. The van der Waals surface area contributed by atoms with Crippen molar-refractivity contribution in [3.63, 3.8) is 0 Å². The lowest BCUT2D eigenvalue weighted by atomic mass is 9.87. The van der Waals surface area contributed by atoms with Gasteiger partial charge in [0.2, 0.25) is 0 Å². The minimum Gasteiger partial charge on any atom is -0.480 e. The number of carbonyl (C=O) groups is 1. The molecule has 0 saturated heterocycles. The first-order chi connectivity index (χ1) is 15.5. The number of hydrogen-bond donors (Lipinski definition) is 3. The molecule has 0 bridgehead atoms. The van der Waals surface area contributed by atoms with E-state index in [2.05, 4.69) is 0 Å². The lowest BCUT2D eigenvalue weighted by molar-refractivity contribution is -0.267. The van der Waals surface area contributed by atoms with Crippen molar-refractivity contribution < 1.29 is 28.2 Å². The third-order valence-electron chi connectivity index (χ3n) is 4.95. The summed E-state index contributed by atoms with van der Waals surface area (Å²) in [5.74, 6) is -0.994. The Kier molecular flexibility index (Phi) is 10.9. The van der Waals surface area contributed by atoms with E-state index in [1.54, 1.807) is 12.1 Å². The predicted octanol–water partition coefficient (Wildman–Crippen LogP) is 5.24. The number of rotatable bonds is 9. The van der Waals surface area contributed by atoms with Crippen molar-refractivity contribution in [3.8, 4) is 17.2 Å². The summed E-state index contributed by atoms with van der Waals surface area (Å²) in [5.41, 5.74) is 4.04. The van der Waals surface area contributed by atoms with E-state index in [1.807, 2.05) is 39.0 Å². The Morgan fingerprint density at radius 3 is 2.27 bits per heavy atom. The number of aliphatic hydroxyl groups is 1. The van der Waals surface area contributed by atoms with Crippen molar-refractivity contribution in [3.05, 3.63) is 59.2 Å². The molecule has 9 heteroatoms. The van der Waals surface area contributed by atoms with Crippen LogP contribution >= 0.6 is 11.8 Å². The topological polar surface area (TPSA) is 107 Å². The lowest BCUT2D eigenvalue weighted by Crippen LogP contribution is -2.43. The lowest BCUT2D eigenvalue weighted by Gasteiger charge is -2.31. The average molecular weight is 483 g/mol. The molecule has 180 valence electrons. The molecule has 2 aromatic carbocycles. The summed E-state index contributed by atoms with van der Waals surface area (Å²) in [6, 6.07) is 11.7. The van der Waals surface area contributed by atoms with Gasteiger partial charge in [-0.2, -0.15) is 30.2 Å². The highest BCUT2D eigenvalue weighted by Crippen LogP contribution is 2.43. The number of hydrogen-bond acceptors (Lipinski definition) is 5. The number of nitrogens with zero attached hydrogens (tertiary/aromatic N) is 1. The molecule has 0 radical (unpaired) electrons. The van der Waals surface area contributed by atoms with Crippen LogP contribution in [0.3, 0.4) is 0 Å². The summed E-state index contributed by atoms with van der Waals surface area (Å²) in [7, 11) is 0. The third kappa shape index (κ3) is 7.49. The van der Waals surface area contributed by atoms with Crippen LogP contribution in [0, 0.1) is 18.3 Å². The van der Waals surface area contributed by atoms with Crippen molar-refractivity contribution in [2.45, 2.75) is 51.4 Å². The van der Waals surface area contributed by atoms with Gasteiger partial charge in [0.15, 0.2) is 5.60 Å². The maximum Gasteiger partial charge on any atom is 0.421 e. The Bertz CT molecular complexity index is 959. The summed E-state index contributed by atoms with van der Waals surface area (Å²) in [6.45, 7) is 5.90. The number of carboxylic acid groups (broad SMARTS) is 1. The van der Waals surface area contributed by atoms with E-state index in [0.29, 0.717) is 11.1 Å². The smallest absolute Gasteiger partial charge is 0.421 e. The second kappa shape index (κ2) is 12.6. The fourth-order valence-electron chi connectivity index (χ4n) is 2.98. The van der Waals surface area contributed by atoms with E-state index in [0.717, 1.165) is 23.4 Å². The van der Waals surface area contributed by atoms with Gasteiger partial charge in [-0.1, -0.05) is 55.8 Å². The van der Waals surface area contributed by atoms with Gasteiger partial charge in [0.1, 0.15) is 6.04 Å². The minimum atomic E-state index is -4.96. The van der Waals surface area contributed by atoms with E-state index in [1.165, 1.54) is 12.1 Å². The van der Waals surface area contributed by atoms with Crippen LogP contribution in [0.1, 0.15) is 43.4 Å². The highest BCUT2D eigenvalue weighted by molar-refractivity contribution is 7.99. The van der Waals surface area contributed by atoms with Gasteiger partial charge in [-0.25, -0.2) is 0 Å². The van der Waals surface area contributed by atoms with E-state index in [4.69, 9.17) is 10.8 Å². The summed E-state index contributed by atoms with van der Waals surface area (Å²) in [5, 5.41) is 28.8. The zero-order valence-corrected chi connectivity index (χ0v) is 19.6. The highest BCUT2D eigenvalue weighted by atomic mass is 32.2. The predicted molar refractivity (Wildman–Crippen MR) is 125 cm³/mol. The van der Waals surface area contributed by atoms with Crippen LogP contribution in [0.25, 0.3) is 11.1 Å². The van der Waals surface area contributed by atoms with Crippen LogP contribution in [0.15, 0.2) is 42.5 Å². The zero-order chi connectivity index (χ0) is 25.2. The Morgan fingerprint density at radius 2 is 1.76 bits per heavy atom. The van der Waals surface area contributed by atoms with Gasteiger partial charge in [-0.15, -0.1) is 0 Å². The first-order valence-corrected chi connectivity index (χ1v) is 11.6. The molecule has 0 saturated carbocycles. The summed E-state index contributed by atoms with van der Waals surface area (Å²) in [6.07, 6.45) is -5.49. The first kappa shape index (κ1) is 28.5. The van der Waals surface area contributed by atoms with E-state index in [-0.39, 0.29) is 23.5 Å². The Balaban J connectivity index is 0.00000265. The molecule has 0 spiro atoms. The molecule has 2 unspecified atom stereocenters. The Morgan fingerprint density at radius 1 is 1.15 bits per heavy atom. The van der Waals surface area contributed by atoms with Gasteiger partial charge in [-0.05, 0) is 54.0 Å². The molecule has 2 rings (SSSR count). The Labute approximate surface area is 196 Å². The van der Waals surface area contributed by atoms with Crippen molar-refractivity contribution >= 4 is 17.7 Å². The molecular formula is C24H29F3N2O3S. The molecule has 2 aromatic rings. The van der Waals surface area contributed by atoms with E-state index >= 15 is 0 Å². The largest absolute Gasteiger partial charge is 0.480 e. The summed E-state index contributed by atoms with van der Waals surface area (Å²) in [4.78, 5) is 10.7. The molecule has 0 aliphatic rings.